The molecule has 0 bridgehead atoms. The van der Waals surface area contributed by atoms with Crippen molar-refractivity contribution in [2.24, 2.45) is 11.7 Å². The maximum atomic E-state index is 12.5. The lowest BCUT2D eigenvalue weighted by atomic mass is 9.99. The molecule has 2 N–H and O–H groups in total. The molecule has 0 spiro atoms. The van der Waals surface area contributed by atoms with Gasteiger partial charge in [0.15, 0.2) is 0 Å². The van der Waals surface area contributed by atoms with E-state index in [1.165, 1.54) is 0 Å². The van der Waals surface area contributed by atoms with E-state index >= 15 is 0 Å². The van der Waals surface area contributed by atoms with Gasteiger partial charge in [0.25, 0.3) is 0 Å². The minimum Gasteiger partial charge on any atom is -0.339 e. The average molecular weight is 400 g/mol. The minimum atomic E-state index is 0. The van der Waals surface area contributed by atoms with Crippen molar-refractivity contribution in [1.82, 2.24) is 9.80 Å². The highest BCUT2D eigenvalue weighted by molar-refractivity contribution is 6.30. The number of hydrogen-bond acceptors (Lipinski definition) is 3. The third-order valence-corrected chi connectivity index (χ3v) is 5.66. The van der Waals surface area contributed by atoms with E-state index in [9.17, 15) is 9.59 Å². The summed E-state index contributed by atoms with van der Waals surface area (Å²) >= 11 is 5.87. The van der Waals surface area contributed by atoms with Crippen LogP contribution in [0.4, 0.5) is 0 Å². The summed E-state index contributed by atoms with van der Waals surface area (Å²) in [5.74, 6) is 0.622. The second-order valence-electron chi connectivity index (χ2n) is 7.12. The van der Waals surface area contributed by atoms with Gasteiger partial charge in [0.2, 0.25) is 11.8 Å². The van der Waals surface area contributed by atoms with Gasteiger partial charge in [-0.2, -0.15) is 0 Å². The molecule has 0 unspecified atom stereocenters. The van der Waals surface area contributed by atoms with Crippen LogP contribution in [0.2, 0.25) is 5.02 Å². The number of nitrogens with two attached hydrogens (primary N) is 1. The lowest BCUT2D eigenvalue weighted by molar-refractivity contribution is -0.139. The van der Waals surface area contributed by atoms with Crippen molar-refractivity contribution in [1.29, 1.82) is 0 Å². The number of benzene rings is 1. The van der Waals surface area contributed by atoms with Crippen LogP contribution in [0.5, 0.6) is 0 Å². The summed E-state index contributed by atoms with van der Waals surface area (Å²) in [6.07, 6.45) is 4.16. The highest BCUT2D eigenvalue weighted by Crippen LogP contribution is 2.27. The maximum absolute atomic E-state index is 12.5. The Morgan fingerprint density at radius 2 is 1.58 bits per heavy atom. The third-order valence-electron chi connectivity index (χ3n) is 5.41. The smallest absolute Gasteiger partial charge is 0.227 e. The standard InChI is InChI=1S/C19H26ClN3O2.ClH/c20-16-6-4-14(5-7-16)12-18(24)22-8-10-23(11-9-22)19(25)13-15-2-1-3-17(15)21;/h4-7,15,17H,1-3,8-13,21H2;1H/t15-,17+;/m0./s1. The molecular formula is C19H27Cl2N3O2. The summed E-state index contributed by atoms with van der Waals surface area (Å²) in [5, 5.41) is 0.672. The Balaban J connectivity index is 0.00000243. The highest BCUT2D eigenvalue weighted by atomic mass is 35.5. The fourth-order valence-corrected chi connectivity index (χ4v) is 3.89. The van der Waals surface area contributed by atoms with Crippen molar-refractivity contribution in [3.05, 3.63) is 34.9 Å². The van der Waals surface area contributed by atoms with Crippen LogP contribution in [0.15, 0.2) is 24.3 Å². The Bertz CT molecular complexity index is 616. The zero-order valence-corrected chi connectivity index (χ0v) is 16.5. The van der Waals surface area contributed by atoms with Crippen LogP contribution in [0.3, 0.4) is 0 Å². The molecule has 1 saturated heterocycles. The van der Waals surface area contributed by atoms with Gasteiger partial charge in [-0.15, -0.1) is 12.4 Å². The molecule has 2 amide bonds. The van der Waals surface area contributed by atoms with Crippen LogP contribution < -0.4 is 5.73 Å². The Labute approximate surface area is 166 Å². The first-order chi connectivity index (χ1) is 12.0. The van der Waals surface area contributed by atoms with E-state index in [1.54, 1.807) is 12.1 Å². The van der Waals surface area contributed by atoms with Crippen molar-refractivity contribution in [3.8, 4) is 0 Å². The van der Waals surface area contributed by atoms with Crippen molar-refractivity contribution >= 4 is 35.8 Å². The number of halogens is 2. The predicted octanol–water partition coefficient (Wildman–Crippen LogP) is 2.49. The molecule has 144 valence electrons. The molecular weight excluding hydrogens is 373 g/mol. The summed E-state index contributed by atoms with van der Waals surface area (Å²) in [6.45, 7) is 2.45. The summed E-state index contributed by atoms with van der Waals surface area (Å²) in [5.41, 5.74) is 7.03. The fourth-order valence-electron chi connectivity index (χ4n) is 3.77. The molecule has 2 fully saturated rings. The zero-order chi connectivity index (χ0) is 17.8. The van der Waals surface area contributed by atoms with Crippen molar-refractivity contribution in [2.75, 3.05) is 26.2 Å². The number of rotatable bonds is 4. The van der Waals surface area contributed by atoms with Gasteiger partial charge in [-0.1, -0.05) is 30.2 Å². The van der Waals surface area contributed by atoms with E-state index in [2.05, 4.69) is 0 Å². The number of hydrogen-bond donors (Lipinski definition) is 1. The van der Waals surface area contributed by atoms with Gasteiger partial charge in [-0.25, -0.2) is 0 Å². The van der Waals surface area contributed by atoms with E-state index in [4.69, 9.17) is 17.3 Å². The van der Waals surface area contributed by atoms with Gasteiger partial charge < -0.3 is 15.5 Å². The van der Waals surface area contributed by atoms with Crippen LogP contribution >= 0.6 is 24.0 Å². The van der Waals surface area contributed by atoms with Gasteiger partial charge in [-0.3, -0.25) is 9.59 Å². The Morgan fingerprint density at radius 3 is 2.12 bits per heavy atom. The molecule has 7 heteroatoms. The van der Waals surface area contributed by atoms with Gasteiger partial charge >= 0.3 is 0 Å². The molecule has 1 saturated carbocycles. The van der Waals surface area contributed by atoms with Crippen LogP contribution in [-0.4, -0.2) is 53.8 Å². The van der Waals surface area contributed by atoms with Gasteiger partial charge in [-0.05, 0) is 36.5 Å². The second kappa shape index (κ2) is 9.58. The lowest BCUT2D eigenvalue weighted by Gasteiger charge is -2.35. The molecule has 1 heterocycles. The lowest BCUT2D eigenvalue weighted by Crippen LogP contribution is -2.51. The SMILES string of the molecule is Cl.N[C@@H]1CCC[C@H]1CC(=O)N1CCN(C(=O)Cc2ccc(Cl)cc2)CC1. The van der Waals surface area contributed by atoms with E-state index in [1.807, 2.05) is 21.9 Å². The topological polar surface area (TPSA) is 66.6 Å². The molecule has 0 radical (unpaired) electrons. The second-order valence-corrected chi connectivity index (χ2v) is 7.56. The quantitative estimate of drug-likeness (QED) is 0.845. The summed E-state index contributed by atoms with van der Waals surface area (Å²) in [6, 6.07) is 7.53. The highest BCUT2D eigenvalue weighted by Gasteiger charge is 2.30. The molecule has 1 aromatic carbocycles. The van der Waals surface area contributed by atoms with Gasteiger partial charge in [0.05, 0.1) is 6.42 Å². The number of nitrogens with zero attached hydrogens (tertiary/aromatic N) is 2. The molecule has 1 aliphatic heterocycles. The molecule has 26 heavy (non-hydrogen) atoms. The molecule has 5 nitrogen and oxygen atoms in total. The molecule has 3 rings (SSSR count). The van der Waals surface area contributed by atoms with Crippen molar-refractivity contribution in [2.45, 2.75) is 38.1 Å². The van der Waals surface area contributed by atoms with Crippen molar-refractivity contribution < 1.29 is 9.59 Å². The van der Waals surface area contributed by atoms with E-state index in [0.29, 0.717) is 50.0 Å². The van der Waals surface area contributed by atoms with Gasteiger partial charge in [0.1, 0.15) is 0 Å². The normalized spacial score (nSPS) is 22.8. The van der Waals surface area contributed by atoms with Gasteiger partial charge in [0, 0.05) is 43.7 Å². The monoisotopic (exact) mass is 399 g/mol. The summed E-state index contributed by atoms with van der Waals surface area (Å²) < 4.78 is 0. The summed E-state index contributed by atoms with van der Waals surface area (Å²) in [4.78, 5) is 28.6. The first kappa shape index (κ1) is 21.0. The average Bonchev–Trinajstić information content (AvgIpc) is 3.02. The minimum absolute atomic E-state index is 0. The molecule has 2 atom stereocenters. The van der Waals surface area contributed by atoms with E-state index in [0.717, 1.165) is 24.8 Å². The van der Waals surface area contributed by atoms with E-state index < -0.39 is 0 Å². The van der Waals surface area contributed by atoms with Crippen LogP contribution in [0.1, 0.15) is 31.2 Å². The Kier molecular flexibility index (Phi) is 7.74. The summed E-state index contributed by atoms with van der Waals surface area (Å²) in [7, 11) is 0. The Morgan fingerprint density at radius 1 is 1.00 bits per heavy atom. The predicted molar refractivity (Wildman–Crippen MR) is 105 cm³/mol. The molecule has 1 aromatic rings. The third kappa shape index (κ3) is 5.35. The first-order valence-electron chi connectivity index (χ1n) is 9.08. The fraction of sp³-hybridized carbons (Fsp3) is 0.579. The first-order valence-corrected chi connectivity index (χ1v) is 9.46. The molecule has 0 aromatic heterocycles. The van der Waals surface area contributed by atoms with E-state index in [-0.39, 0.29) is 30.3 Å². The van der Waals surface area contributed by atoms with Crippen LogP contribution in [0.25, 0.3) is 0 Å². The number of carbonyl (C=O) groups is 2. The molecule has 1 aliphatic carbocycles. The number of carbonyl (C=O) groups excluding carboxylic acids is 2. The Hall–Kier alpha value is -1.30. The van der Waals surface area contributed by atoms with Crippen LogP contribution in [0, 0.1) is 5.92 Å². The largest absolute Gasteiger partial charge is 0.339 e. The maximum Gasteiger partial charge on any atom is 0.227 e. The molecule has 2 aliphatic rings. The van der Waals surface area contributed by atoms with Crippen molar-refractivity contribution in [3.63, 3.8) is 0 Å². The number of amides is 2. The number of piperazine rings is 1. The zero-order valence-electron chi connectivity index (χ0n) is 14.9. The van der Waals surface area contributed by atoms with Crippen LogP contribution in [-0.2, 0) is 16.0 Å².